The standard InChI is InChI=1S/C21H23ClN6O/c1-16(17-6-8-18(9-7-17)28-15-23-14-24-28)25-21(29)27-12-10-26(11-13-27)20-5-3-2-4-19(20)22/h2-9,14-16H,10-13H2,1H3,(H,25,29). The van der Waals surface area contributed by atoms with Crippen molar-refractivity contribution in [3.63, 3.8) is 0 Å². The largest absolute Gasteiger partial charge is 0.367 e. The average Bonchev–Trinajstić information content (AvgIpc) is 3.29. The maximum absolute atomic E-state index is 12.7. The highest BCUT2D eigenvalue weighted by atomic mass is 35.5. The van der Waals surface area contributed by atoms with Gasteiger partial charge in [0.05, 0.1) is 22.4 Å². The van der Waals surface area contributed by atoms with Crippen LogP contribution in [0.1, 0.15) is 18.5 Å². The van der Waals surface area contributed by atoms with Crippen LogP contribution in [0.5, 0.6) is 0 Å². The number of carbonyl (C=O) groups is 1. The summed E-state index contributed by atoms with van der Waals surface area (Å²) in [5, 5.41) is 7.96. The Balaban J connectivity index is 1.32. The number of amides is 2. The van der Waals surface area contributed by atoms with Crippen molar-refractivity contribution < 1.29 is 4.79 Å². The minimum absolute atomic E-state index is 0.0448. The highest BCUT2D eigenvalue weighted by Gasteiger charge is 2.23. The lowest BCUT2D eigenvalue weighted by Gasteiger charge is -2.37. The van der Waals surface area contributed by atoms with Gasteiger partial charge in [-0.05, 0) is 36.8 Å². The zero-order chi connectivity index (χ0) is 20.2. The number of benzene rings is 2. The predicted octanol–water partition coefficient (Wildman–Crippen LogP) is 3.51. The Hall–Kier alpha value is -3.06. The summed E-state index contributed by atoms with van der Waals surface area (Å²) >= 11 is 6.29. The van der Waals surface area contributed by atoms with E-state index in [1.54, 1.807) is 11.0 Å². The summed E-state index contributed by atoms with van der Waals surface area (Å²) in [6.07, 6.45) is 3.16. The minimum Gasteiger partial charge on any atom is -0.367 e. The molecule has 3 aromatic rings. The van der Waals surface area contributed by atoms with Gasteiger partial charge in [0.1, 0.15) is 12.7 Å². The first-order chi connectivity index (χ1) is 14.1. The maximum atomic E-state index is 12.7. The van der Waals surface area contributed by atoms with Gasteiger partial charge in [-0.25, -0.2) is 14.5 Å². The van der Waals surface area contributed by atoms with Crippen LogP contribution in [0.3, 0.4) is 0 Å². The normalized spacial score (nSPS) is 15.2. The molecule has 0 radical (unpaired) electrons. The van der Waals surface area contributed by atoms with Crippen molar-refractivity contribution in [3.8, 4) is 5.69 Å². The highest BCUT2D eigenvalue weighted by molar-refractivity contribution is 6.33. The fraction of sp³-hybridized carbons (Fsp3) is 0.286. The second-order valence-corrected chi connectivity index (χ2v) is 7.44. The number of hydrogen-bond acceptors (Lipinski definition) is 4. The monoisotopic (exact) mass is 410 g/mol. The van der Waals surface area contributed by atoms with Crippen LogP contribution >= 0.6 is 11.6 Å². The summed E-state index contributed by atoms with van der Waals surface area (Å²) < 4.78 is 1.70. The quantitative estimate of drug-likeness (QED) is 0.714. The number of nitrogens with zero attached hydrogens (tertiary/aromatic N) is 5. The number of anilines is 1. The topological polar surface area (TPSA) is 66.3 Å². The molecule has 0 aliphatic carbocycles. The summed E-state index contributed by atoms with van der Waals surface area (Å²) in [6.45, 7) is 4.84. The molecule has 4 rings (SSSR count). The SMILES string of the molecule is CC(NC(=O)N1CCN(c2ccccc2Cl)CC1)c1ccc(-n2cncn2)cc1. The fourth-order valence-corrected chi connectivity index (χ4v) is 3.73. The van der Waals surface area contributed by atoms with Crippen molar-refractivity contribution in [3.05, 3.63) is 71.8 Å². The van der Waals surface area contributed by atoms with E-state index in [1.807, 2.05) is 60.4 Å². The maximum Gasteiger partial charge on any atom is 0.317 e. The van der Waals surface area contributed by atoms with E-state index in [1.165, 1.54) is 6.33 Å². The molecule has 7 nitrogen and oxygen atoms in total. The second kappa shape index (κ2) is 8.53. The molecule has 1 fully saturated rings. The Kier molecular flexibility index (Phi) is 5.67. The molecular formula is C21H23ClN6O. The van der Waals surface area contributed by atoms with Gasteiger partial charge >= 0.3 is 6.03 Å². The van der Waals surface area contributed by atoms with Gasteiger partial charge in [-0.15, -0.1) is 0 Å². The smallest absolute Gasteiger partial charge is 0.317 e. The lowest BCUT2D eigenvalue weighted by atomic mass is 10.1. The summed E-state index contributed by atoms with van der Waals surface area (Å²) in [5.74, 6) is 0. The van der Waals surface area contributed by atoms with Gasteiger partial charge in [0.15, 0.2) is 0 Å². The zero-order valence-corrected chi connectivity index (χ0v) is 17.0. The Morgan fingerprint density at radius 2 is 1.79 bits per heavy atom. The van der Waals surface area contributed by atoms with E-state index in [0.717, 1.165) is 35.1 Å². The molecule has 8 heteroatoms. The Bertz CT molecular complexity index is 952. The molecule has 0 saturated carbocycles. The average molecular weight is 411 g/mol. The Morgan fingerprint density at radius 3 is 2.45 bits per heavy atom. The van der Waals surface area contributed by atoms with Crippen LogP contribution in [-0.4, -0.2) is 51.9 Å². The van der Waals surface area contributed by atoms with E-state index < -0.39 is 0 Å². The first kappa shape index (κ1) is 19.3. The van der Waals surface area contributed by atoms with E-state index in [0.29, 0.717) is 13.1 Å². The molecule has 1 N–H and O–H groups in total. The highest BCUT2D eigenvalue weighted by Crippen LogP contribution is 2.26. The first-order valence-electron chi connectivity index (χ1n) is 9.62. The third-order valence-corrected chi connectivity index (χ3v) is 5.50. The number of piperazine rings is 1. The lowest BCUT2D eigenvalue weighted by Crippen LogP contribution is -2.52. The van der Waals surface area contributed by atoms with Crippen molar-refractivity contribution >= 4 is 23.3 Å². The number of aromatic nitrogens is 3. The summed E-state index contributed by atoms with van der Waals surface area (Å²) in [6, 6.07) is 15.6. The zero-order valence-electron chi connectivity index (χ0n) is 16.2. The van der Waals surface area contributed by atoms with Crippen LogP contribution in [0.25, 0.3) is 5.69 Å². The lowest BCUT2D eigenvalue weighted by molar-refractivity contribution is 0.191. The second-order valence-electron chi connectivity index (χ2n) is 7.03. The van der Waals surface area contributed by atoms with Crippen molar-refractivity contribution in [2.45, 2.75) is 13.0 Å². The molecule has 1 atom stereocenters. The molecule has 2 amide bonds. The van der Waals surface area contributed by atoms with E-state index in [-0.39, 0.29) is 12.1 Å². The third kappa shape index (κ3) is 4.35. The molecule has 1 aromatic heterocycles. The molecule has 1 aliphatic rings. The van der Waals surface area contributed by atoms with Gasteiger partial charge in [-0.3, -0.25) is 0 Å². The number of para-hydroxylation sites is 1. The van der Waals surface area contributed by atoms with Gasteiger partial charge in [0.25, 0.3) is 0 Å². The predicted molar refractivity (Wildman–Crippen MR) is 114 cm³/mol. The molecule has 2 heterocycles. The molecule has 150 valence electrons. The van der Waals surface area contributed by atoms with Crippen molar-refractivity contribution in [2.75, 3.05) is 31.1 Å². The van der Waals surface area contributed by atoms with Crippen molar-refractivity contribution in [1.29, 1.82) is 0 Å². The van der Waals surface area contributed by atoms with Gasteiger partial charge in [-0.1, -0.05) is 35.9 Å². The molecule has 29 heavy (non-hydrogen) atoms. The van der Waals surface area contributed by atoms with E-state index in [9.17, 15) is 4.79 Å². The minimum atomic E-state index is -0.0890. The van der Waals surface area contributed by atoms with Gasteiger partial charge in [-0.2, -0.15) is 5.10 Å². The van der Waals surface area contributed by atoms with Crippen molar-refractivity contribution in [1.82, 2.24) is 25.0 Å². The molecule has 2 aromatic carbocycles. The van der Waals surface area contributed by atoms with Crippen LogP contribution in [0.2, 0.25) is 5.02 Å². The van der Waals surface area contributed by atoms with Crippen LogP contribution < -0.4 is 10.2 Å². The number of carbonyl (C=O) groups excluding carboxylic acids is 1. The number of hydrogen-bond donors (Lipinski definition) is 1. The summed E-state index contributed by atoms with van der Waals surface area (Å²) in [7, 11) is 0. The van der Waals surface area contributed by atoms with Crippen LogP contribution in [0.4, 0.5) is 10.5 Å². The van der Waals surface area contributed by atoms with Gasteiger partial charge in [0.2, 0.25) is 0 Å². The Labute approximate surface area is 174 Å². The molecule has 0 spiro atoms. The third-order valence-electron chi connectivity index (χ3n) is 5.18. The number of rotatable bonds is 4. The van der Waals surface area contributed by atoms with E-state index >= 15 is 0 Å². The molecular weight excluding hydrogens is 388 g/mol. The van der Waals surface area contributed by atoms with Gasteiger partial charge < -0.3 is 15.1 Å². The number of nitrogens with one attached hydrogen (secondary N) is 1. The van der Waals surface area contributed by atoms with Crippen LogP contribution in [0.15, 0.2) is 61.2 Å². The number of halogens is 1. The van der Waals surface area contributed by atoms with E-state index in [2.05, 4.69) is 20.3 Å². The molecule has 1 saturated heterocycles. The Morgan fingerprint density at radius 1 is 1.07 bits per heavy atom. The van der Waals surface area contributed by atoms with E-state index in [4.69, 9.17) is 11.6 Å². The van der Waals surface area contributed by atoms with Crippen LogP contribution in [0, 0.1) is 0 Å². The fourth-order valence-electron chi connectivity index (χ4n) is 3.48. The first-order valence-corrected chi connectivity index (χ1v) is 9.99. The molecule has 1 unspecified atom stereocenters. The van der Waals surface area contributed by atoms with Gasteiger partial charge in [0, 0.05) is 26.2 Å². The molecule has 1 aliphatic heterocycles. The molecule has 0 bridgehead atoms. The van der Waals surface area contributed by atoms with Crippen LogP contribution in [-0.2, 0) is 0 Å². The summed E-state index contributed by atoms with van der Waals surface area (Å²) in [4.78, 5) is 20.7. The summed E-state index contributed by atoms with van der Waals surface area (Å²) in [5.41, 5.74) is 2.99. The van der Waals surface area contributed by atoms with Crippen molar-refractivity contribution in [2.24, 2.45) is 0 Å². The number of urea groups is 1.